The van der Waals surface area contributed by atoms with E-state index in [-0.39, 0.29) is 23.3 Å². The van der Waals surface area contributed by atoms with Crippen LogP contribution in [-0.4, -0.2) is 41.3 Å². The summed E-state index contributed by atoms with van der Waals surface area (Å²) in [5.74, 6) is -2.10. The van der Waals surface area contributed by atoms with Gasteiger partial charge in [0.05, 0.1) is 29.9 Å². The number of carboxylic acids is 2. The molecule has 2 N–H and O–H groups in total. The Morgan fingerprint density at radius 1 is 0.628 bits per heavy atom. The molecule has 0 aliphatic heterocycles. The van der Waals surface area contributed by atoms with Gasteiger partial charge in [0.2, 0.25) is 0 Å². The number of aryl methyl sites for hydroxylation is 2. The molecule has 0 saturated heterocycles. The lowest BCUT2D eigenvalue weighted by Crippen LogP contribution is -2.14. The van der Waals surface area contributed by atoms with Crippen molar-refractivity contribution in [1.29, 1.82) is 0 Å². The summed E-state index contributed by atoms with van der Waals surface area (Å²) in [4.78, 5) is 46.0. The first-order chi connectivity index (χ1) is 20.7. The topological polar surface area (TPSA) is 129 Å². The Bertz CT molecular complexity index is 1570. The number of esters is 1. The van der Waals surface area contributed by atoms with Gasteiger partial charge in [-0.2, -0.15) is 4.89 Å². The van der Waals surface area contributed by atoms with Crippen LogP contribution < -0.4 is 9.62 Å². The summed E-state index contributed by atoms with van der Waals surface area (Å²) in [7, 11) is 0. The Morgan fingerprint density at radius 2 is 1.16 bits per heavy atom. The van der Waals surface area contributed by atoms with Crippen LogP contribution in [-0.2, 0) is 29.1 Å². The van der Waals surface area contributed by atoms with Gasteiger partial charge >= 0.3 is 17.9 Å². The molecule has 4 rings (SSSR count). The van der Waals surface area contributed by atoms with Crippen molar-refractivity contribution < 1.29 is 43.8 Å². The molecule has 0 amide bonds. The number of carbonyl (C=O) groups is 3. The van der Waals surface area contributed by atoms with Gasteiger partial charge in [-0.3, -0.25) is 0 Å². The molecule has 9 nitrogen and oxygen atoms in total. The van der Waals surface area contributed by atoms with Crippen molar-refractivity contribution in [3.05, 3.63) is 129 Å². The zero-order chi connectivity index (χ0) is 30.8. The highest BCUT2D eigenvalue weighted by atomic mass is 17.2. The van der Waals surface area contributed by atoms with E-state index in [0.29, 0.717) is 43.1 Å². The number of ether oxygens (including phenoxy) is 2. The Labute approximate surface area is 249 Å². The van der Waals surface area contributed by atoms with E-state index in [1.165, 1.54) is 12.1 Å². The fraction of sp³-hybridized carbons (Fsp3) is 0.206. The fourth-order valence-corrected chi connectivity index (χ4v) is 4.30. The van der Waals surface area contributed by atoms with Crippen LogP contribution in [0.2, 0.25) is 0 Å². The summed E-state index contributed by atoms with van der Waals surface area (Å²) < 4.78 is 11.2. The maximum atomic E-state index is 12.6. The minimum absolute atomic E-state index is 0.00776. The molecule has 0 fully saturated rings. The molecule has 4 aromatic rings. The van der Waals surface area contributed by atoms with Crippen LogP contribution in [0.5, 0.6) is 11.5 Å². The van der Waals surface area contributed by atoms with Crippen molar-refractivity contribution in [2.45, 2.75) is 33.3 Å². The van der Waals surface area contributed by atoms with Gasteiger partial charge in [-0.05, 0) is 85.8 Å². The van der Waals surface area contributed by atoms with Crippen molar-refractivity contribution in [3.8, 4) is 11.5 Å². The Balaban J connectivity index is 1.16. The van der Waals surface area contributed by atoms with Crippen LogP contribution in [0.1, 0.15) is 58.9 Å². The van der Waals surface area contributed by atoms with Gasteiger partial charge in [0.1, 0.15) is 12.4 Å². The quantitative estimate of drug-likeness (QED) is 0.0582. The minimum atomic E-state index is -1.19. The summed E-state index contributed by atoms with van der Waals surface area (Å²) in [5.41, 5.74) is 4.38. The normalized spacial score (nSPS) is 10.7. The van der Waals surface area contributed by atoms with E-state index in [1.807, 2.05) is 31.2 Å². The highest BCUT2D eigenvalue weighted by molar-refractivity contribution is 6.03. The zero-order valence-corrected chi connectivity index (χ0v) is 23.9. The third-order valence-electron chi connectivity index (χ3n) is 6.61. The molecule has 0 radical (unpaired) electrons. The van der Waals surface area contributed by atoms with Gasteiger partial charge in [0.15, 0.2) is 5.75 Å². The monoisotopic (exact) mass is 584 g/mol. The van der Waals surface area contributed by atoms with E-state index in [0.717, 1.165) is 22.3 Å². The Morgan fingerprint density at radius 3 is 1.74 bits per heavy atom. The van der Waals surface area contributed by atoms with Crippen LogP contribution >= 0.6 is 0 Å². The standard InChI is InChI=1S/C34H32O9/c1-22-3-13-29(32(35)36)26(19-22)21-41-43-28-11-7-25(8-12-28)16-18-40-17-15-24-5-9-27(10-6-24)42-34(39)31-20-23(2)4-14-30(31)33(37)38/h3-14,19-20H,15-18,21H2,1-2H3,(H,35,36)(H,37,38). The second-order valence-corrected chi connectivity index (χ2v) is 9.96. The number of rotatable bonds is 14. The predicted molar refractivity (Wildman–Crippen MR) is 158 cm³/mol. The van der Waals surface area contributed by atoms with Gasteiger partial charge in [0, 0.05) is 0 Å². The van der Waals surface area contributed by atoms with Gasteiger partial charge in [-0.25, -0.2) is 14.4 Å². The summed E-state index contributed by atoms with van der Waals surface area (Å²) in [5, 5.41) is 18.7. The molecule has 0 heterocycles. The molecule has 0 aliphatic carbocycles. The lowest BCUT2D eigenvalue weighted by Gasteiger charge is -2.10. The third-order valence-corrected chi connectivity index (χ3v) is 6.61. The van der Waals surface area contributed by atoms with Crippen LogP contribution in [0.3, 0.4) is 0 Å². The highest BCUT2D eigenvalue weighted by Gasteiger charge is 2.18. The SMILES string of the molecule is Cc1ccc(C(=O)O)c(COOc2ccc(CCOCCc3ccc(OC(=O)c4cc(C)ccc4C(=O)O)cc3)cc2)c1. The van der Waals surface area contributed by atoms with E-state index < -0.39 is 17.9 Å². The molecule has 0 saturated carbocycles. The van der Waals surface area contributed by atoms with Crippen molar-refractivity contribution in [1.82, 2.24) is 0 Å². The molecule has 0 aliphatic rings. The molecule has 0 bridgehead atoms. The fourth-order valence-electron chi connectivity index (χ4n) is 4.30. The van der Waals surface area contributed by atoms with Crippen LogP contribution in [0.4, 0.5) is 0 Å². The molecular formula is C34H32O9. The maximum absolute atomic E-state index is 12.6. The van der Waals surface area contributed by atoms with Gasteiger partial charge in [-0.15, -0.1) is 0 Å². The second-order valence-electron chi connectivity index (χ2n) is 9.96. The lowest BCUT2D eigenvalue weighted by molar-refractivity contribution is -0.217. The molecule has 0 atom stereocenters. The lowest BCUT2D eigenvalue weighted by atomic mass is 10.0. The smallest absolute Gasteiger partial charge is 0.344 e. The first-order valence-corrected chi connectivity index (χ1v) is 13.6. The second kappa shape index (κ2) is 14.8. The Kier molecular flexibility index (Phi) is 10.6. The van der Waals surface area contributed by atoms with Crippen molar-refractivity contribution in [2.24, 2.45) is 0 Å². The molecular weight excluding hydrogens is 552 g/mol. The van der Waals surface area contributed by atoms with E-state index >= 15 is 0 Å². The van der Waals surface area contributed by atoms with Crippen molar-refractivity contribution >= 4 is 17.9 Å². The molecule has 4 aromatic carbocycles. The predicted octanol–water partition coefficient (Wildman–Crippen LogP) is 6.23. The number of benzene rings is 4. The maximum Gasteiger partial charge on any atom is 0.344 e. The largest absolute Gasteiger partial charge is 0.478 e. The third kappa shape index (κ3) is 9.00. The number of hydrogen-bond acceptors (Lipinski definition) is 7. The van der Waals surface area contributed by atoms with Crippen molar-refractivity contribution in [2.75, 3.05) is 13.2 Å². The highest BCUT2D eigenvalue weighted by Crippen LogP contribution is 2.19. The van der Waals surface area contributed by atoms with Crippen LogP contribution in [0.25, 0.3) is 0 Å². The molecule has 0 spiro atoms. The average molecular weight is 585 g/mol. The summed E-state index contributed by atoms with van der Waals surface area (Å²) in [6.07, 6.45) is 1.38. The molecule has 222 valence electrons. The Hall–Kier alpha value is -4.99. The number of aromatic carboxylic acids is 2. The van der Waals surface area contributed by atoms with Gasteiger partial charge in [0.25, 0.3) is 0 Å². The first kappa shape index (κ1) is 31.0. The zero-order valence-electron chi connectivity index (χ0n) is 23.9. The summed E-state index contributed by atoms with van der Waals surface area (Å²) in [6, 6.07) is 24.0. The van der Waals surface area contributed by atoms with Crippen molar-refractivity contribution in [3.63, 3.8) is 0 Å². The number of carboxylic acid groups (broad SMARTS) is 2. The summed E-state index contributed by atoms with van der Waals surface area (Å²) in [6.45, 7) is 4.70. The molecule has 9 heteroatoms. The molecule has 43 heavy (non-hydrogen) atoms. The summed E-state index contributed by atoms with van der Waals surface area (Å²) >= 11 is 0. The van der Waals surface area contributed by atoms with Crippen LogP contribution in [0.15, 0.2) is 84.9 Å². The first-order valence-electron chi connectivity index (χ1n) is 13.6. The molecule has 0 aromatic heterocycles. The van der Waals surface area contributed by atoms with E-state index in [9.17, 15) is 24.6 Å². The van der Waals surface area contributed by atoms with Gasteiger partial charge in [-0.1, -0.05) is 53.6 Å². The van der Waals surface area contributed by atoms with Crippen LogP contribution in [0, 0.1) is 13.8 Å². The van der Waals surface area contributed by atoms with E-state index in [1.54, 1.807) is 55.5 Å². The number of hydrogen-bond donors (Lipinski definition) is 2. The molecule has 0 unspecified atom stereocenters. The van der Waals surface area contributed by atoms with E-state index in [4.69, 9.17) is 19.2 Å². The average Bonchev–Trinajstić information content (AvgIpc) is 2.98. The van der Waals surface area contributed by atoms with E-state index in [2.05, 4.69) is 0 Å². The van der Waals surface area contributed by atoms with Gasteiger partial charge < -0.3 is 24.6 Å². The number of carbonyl (C=O) groups excluding carboxylic acids is 1. The minimum Gasteiger partial charge on any atom is -0.478 e.